The number of rotatable bonds is 2. The van der Waals surface area contributed by atoms with Crippen molar-refractivity contribution in [3.8, 4) is 0 Å². The van der Waals surface area contributed by atoms with Crippen molar-refractivity contribution >= 4 is 22.8 Å². The lowest BCUT2D eigenvalue weighted by Crippen LogP contribution is -2.49. The third kappa shape index (κ3) is 2.39. The number of furan rings is 1. The van der Waals surface area contributed by atoms with Gasteiger partial charge in [-0.15, -0.1) is 0 Å². The Balaban J connectivity index is 1.88. The zero-order valence-corrected chi connectivity index (χ0v) is 11.8. The van der Waals surface area contributed by atoms with Crippen molar-refractivity contribution in [1.82, 2.24) is 4.90 Å². The molecule has 1 aromatic heterocycles. The molecule has 0 bridgehead atoms. The number of carbonyl (C=O) groups excluding carboxylic acids is 1. The van der Waals surface area contributed by atoms with Crippen LogP contribution in [0.1, 0.15) is 30.3 Å². The summed E-state index contributed by atoms with van der Waals surface area (Å²) in [6.07, 6.45) is 1.31. The minimum absolute atomic E-state index is 0.232. The van der Waals surface area contributed by atoms with E-state index in [1.165, 1.54) is 0 Å². The van der Waals surface area contributed by atoms with E-state index in [2.05, 4.69) is 0 Å². The van der Waals surface area contributed by atoms with Gasteiger partial charge in [0.05, 0.1) is 5.92 Å². The van der Waals surface area contributed by atoms with Crippen molar-refractivity contribution in [1.29, 1.82) is 0 Å². The van der Waals surface area contributed by atoms with E-state index in [4.69, 9.17) is 4.42 Å². The van der Waals surface area contributed by atoms with Crippen LogP contribution in [0.3, 0.4) is 0 Å². The third-order valence-corrected chi connectivity index (χ3v) is 4.20. The number of carboxylic acid groups (broad SMARTS) is 1. The van der Waals surface area contributed by atoms with Crippen LogP contribution in [-0.4, -0.2) is 34.5 Å². The van der Waals surface area contributed by atoms with Gasteiger partial charge in [-0.05, 0) is 31.9 Å². The van der Waals surface area contributed by atoms with E-state index >= 15 is 0 Å². The Hall–Kier alpha value is -2.30. The van der Waals surface area contributed by atoms with Crippen LogP contribution in [0, 0.1) is 5.92 Å². The smallest absolute Gasteiger partial charge is 0.308 e. The summed E-state index contributed by atoms with van der Waals surface area (Å²) in [5.74, 6) is -1.31. The van der Waals surface area contributed by atoms with Crippen molar-refractivity contribution in [2.45, 2.75) is 25.8 Å². The van der Waals surface area contributed by atoms with Crippen LogP contribution in [0.2, 0.25) is 0 Å². The summed E-state index contributed by atoms with van der Waals surface area (Å²) in [6.45, 7) is 2.36. The van der Waals surface area contributed by atoms with Gasteiger partial charge in [0, 0.05) is 18.0 Å². The summed E-state index contributed by atoms with van der Waals surface area (Å²) >= 11 is 0. The number of piperidine rings is 1. The predicted molar refractivity (Wildman–Crippen MR) is 77.1 cm³/mol. The Morgan fingerprint density at radius 3 is 2.81 bits per heavy atom. The lowest BCUT2D eigenvalue weighted by atomic mass is 9.90. The van der Waals surface area contributed by atoms with Crippen LogP contribution < -0.4 is 0 Å². The Morgan fingerprint density at radius 2 is 2.10 bits per heavy atom. The van der Waals surface area contributed by atoms with Crippen LogP contribution in [0.5, 0.6) is 0 Å². The number of amides is 1. The van der Waals surface area contributed by atoms with E-state index in [9.17, 15) is 14.7 Å². The molecular formula is C16H17NO4. The molecule has 0 saturated carbocycles. The molecule has 0 radical (unpaired) electrons. The maximum atomic E-state index is 12.6. The SMILES string of the molecule is C[C@@H]1[C@H](C(=O)O)CCCN1C(=O)c1cc2ccccc2o1. The van der Waals surface area contributed by atoms with E-state index in [0.29, 0.717) is 25.0 Å². The van der Waals surface area contributed by atoms with Crippen molar-refractivity contribution in [3.63, 3.8) is 0 Å². The molecule has 21 heavy (non-hydrogen) atoms. The standard InChI is InChI=1S/C16H17NO4/c1-10-12(16(19)20)6-4-8-17(10)15(18)14-9-11-5-2-3-7-13(11)21-14/h2-3,5,7,9-10,12H,4,6,8H2,1H3,(H,19,20)/t10-,12-/m1/s1. The van der Waals surface area contributed by atoms with Crippen LogP contribution in [-0.2, 0) is 4.79 Å². The molecule has 1 aliphatic rings. The van der Waals surface area contributed by atoms with Crippen LogP contribution >= 0.6 is 0 Å². The van der Waals surface area contributed by atoms with E-state index in [-0.39, 0.29) is 17.7 Å². The van der Waals surface area contributed by atoms with Crippen molar-refractivity contribution in [2.75, 3.05) is 6.54 Å². The molecule has 1 N–H and O–H groups in total. The highest BCUT2D eigenvalue weighted by atomic mass is 16.4. The van der Waals surface area contributed by atoms with Gasteiger partial charge >= 0.3 is 5.97 Å². The molecule has 0 spiro atoms. The molecule has 1 aromatic carbocycles. The molecule has 110 valence electrons. The maximum Gasteiger partial charge on any atom is 0.308 e. The number of hydrogen-bond acceptors (Lipinski definition) is 3. The summed E-state index contributed by atoms with van der Waals surface area (Å²) in [6, 6.07) is 8.83. The van der Waals surface area contributed by atoms with Crippen LogP contribution in [0.25, 0.3) is 11.0 Å². The Bertz CT molecular complexity index is 657. The zero-order valence-electron chi connectivity index (χ0n) is 11.8. The number of carboxylic acids is 1. The van der Waals surface area contributed by atoms with Gasteiger partial charge in [-0.1, -0.05) is 18.2 Å². The highest BCUT2D eigenvalue weighted by Gasteiger charge is 2.36. The minimum atomic E-state index is -0.843. The van der Waals surface area contributed by atoms with Crippen molar-refractivity contribution in [3.05, 3.63) is 36.1 Å². The number of likely N-dealkylation sites (tertiary alicyclic amines) is 1. The number of benzene rings is 1. The highest BCUT2D eigenvalue weighted by molar-refractivity contribution is 5.96. The molecule has 1 fully saturated rings. The molecule has 2 aromatic rings. The van der Waals surface area contributed by atoms with Gasteiger partial charge in [-0.3, -0.25) is 9.59 Å². The lowest BCUT2D eigenvalue weighted by molar-refractivity contribution is -0.145. The largest absolute Gasteiger partial charge is 0.481 e. The van der Waals surface area contributed by atoms with E-state index in [1.54, 1.807) is 17.9 Å². The van der Waals surface area contributed by atoms with Gasteiger partial charge in [-0.25, -0.2) is 0 Å². The molecule has 1 amide bonds. The van der Waals surface area contributed by atoms with E-state index < -0.39 is 11.9 Å². The number of fused-ring (bicyclic) bond motifs is 1. The summed E-state index contributed by atoms with van der Waals surface area (Å²) in [7, 11) is 0. The monoisotopic (exact) mass is 287 g/mol. The molecule has 3 rings (SSSR count). The third-order valence-electron chi connectivity index (χ3n) is 4.20. The second-order valence-electron chi connectivity index (χ2n) is 5.47. The quantitative estimate of drug-likeness (QED) is 0.922. The fourth-order valence-electron chi connectivity index (χ4n) is 2.99. The molecule has 5 heteroatoms. The van der Waals surface area contributed by atoms with Gasteiger partial charge < -0.3 is 14.4 Å². The molecule has 1 saturated heterocycles. The number of aliphatic carboxylic acids is 1. The van der Waals surface area contributed by atoms with Gasteiger partial charge in [0.2, 0.25) is 0 Å². The molecule has 5 nitrogen and oxygen atoms in total. The fourth-order valence-corrected chi connectivity index (χ4v) is 2.99. The topological polar surface area (TPSA) is 70.8 Å². The average Bonchev–Trinajstić information content (AvgIpc) is 2.90. The number of hydrogen-bond donors (Lipinski definition) is 1. The number of nitrogens with zero attached hydrogens (tertiary/aromatic N) is 1. The van der Waals surface area contributed by atoms with Crippen molar-refractivity contribution < 1.29 is 19.1 Å². The summed E-state index contributed by atoms with van der Waals surface area (Å²) in [5, 5.41) is 10.1. The first-order chi connectivity index (χ1) is 10.1. The Morgan fingerprint density at radius 1 is 1.33 bits per heavy atom. The van der Waals surface area contributed by atoms with Gasteiger partial charge in [0.1, 0.15) is 5.58 Å². The summed E-state index contributed by atoms with van der Waals surface area (Å²) in [5.41, 5.74) is 0.667. The second-order valence-corrected chi connectivity index (χ2v) is 5.47. The van der Waals surface area contributed by atoms with Crippen LogP contribution in [0.4, 0.5) is 0 Å². The minimum Gasteiger partial charge on any atom is -0.481 e. The fraction of sp³-hybridized carbons (Fsp3) is 0.375. The van der Waals surface area contributed by atoms with Gasteiger partial charge in [0.15, 0.2) is 5.76 Å². The summed E-state index contributed by atoms with van der Waals surface area (Å²) < 4.78 is 5.59. The van der Waals surface area contributed by atoms with Crippen LogP contribution in [0.15, 0.2) is 34.7 Å². The lowest BCUT2D eigenvalue weighted by Gasteiger charge is -2.36. The average molecular weight is 287 g/mol. The molecule has 1 aliphatic heterocycles. The maximum absolute atomic E-state index is 12.6. The first-order valence-electron chi connectivity index (χ1n) is 7.10. The predicted octanol–water partition coefficient (Wildman–Crippen LogP) is 2.76. The second kappa shape index (κ2) is 5.24. The molecule has 2 atom stereocenters. The highest BCUT2D eigenvalue weighted by Crippen LogP contribution is 2.27. The normalized spacial score (nSPS) is 22.4. The Kier molecular flexibility index (Phi) is 3.41. The van der Waals surface area contributed by atoms with Gasteiger partial charge in [0.25, 0.3) is 5.91 Å². The van der Waals surface area contributed by atoms with Gasteiger partial charge in [-0.2, -0.15) is 0 Å². The first-order valence-corrected chi connectivity index (χ1v) is 7.10. The summed E-state index contributed by atoms with van der Waals surface area (Å²) in [4.78, 5) is 25.4. The first kappa shape index (κ1) is 13.7. The Labute approximate surface area is 122 Å². The number of para-hydroxylation sites is 1. The molecule has 0 aliphatic carbocycles. The molecule has 2 heterocycles. The van der Waals surface area contributed by atoms with E-state index in [1.807, 2.05) is 24.3 Å². The zero-order chi connectivity index (χ0) is 15.0. The molecule has 0 unspecified atom stereocenters. The molecular weight excluding hydrogens is 270 g/mol. The van der Waals surface area contributed by atoms with E-state index in [0.717, 1.165) is 5.39 Å². The number of carbonyl (C=O) groups is 2. The van der Waals surface area contributed by atoms with Crippen molar-refractivity contribution in [2.24, 2.45) is 5.92 Å².